The van der Waals surface area contributed by atoms with Gasteiger partial charge < -0.3 is 10.6 Å². The second-order valence-corrected chi connectivity index (χ2v) is 1.05. The fraction of sp³-hybridized carbons (Fsp3) is 0.500. The largest absolute Gasteiger partial charge is 0.481 e. The van der Waals surface area contributed by atoms with Gasteiger partial charge in [0.25, 0.3) is 0 Å². The lowest BCUT2D eigenvalue weighted by molar-refractivity contribution is -0.136. The Bertz CT molecular complexity index is 104. The summed E-state index contributed by atoms with van der Waals surface area (Å²) in [6, 6.07) is 1.72. The van der Waals surface area contributed by atoms with E-state index in [0.29, 0.717) is 0 Å². The van der Waals surface area contributed by atoms with Crippen LogP contribution in [0.15, 0.2) is 0 Å². The third kappa shape index (κ3) is 8.87. The molecule has 0 radical (unpaired) electrons. The van der Waals surface area contributed by atoms with E-state index in [0.717, 1.165) is 0 Å². The second-order valence-electron chi connectivity index (χ2n) is 1.05. The molecule has 0 unspecified atom stereocenters. The van der Waals surface area contributed by atoms with Crippen molar-refractivity contribution in [3.8, 4) is 6.07 Å². The fourth-order valence-electron chi connectivity index (χ4n) is 0.163. The molecule has 0 rings (SSSR count). The number of nitriles is 1. The zero-order valence-electron chi connectivity index (χ0n) is 4.22. The van der Waals surface area contributed by atoms with E-state index in [1.807, 2.05) is 0 Å². The van der Waals surface area contributed by atoms with Crippen molar-refractivity contribution in [2.24, 2.45) is 0 Å². The molecule has 0 fully saturated rings. The van der Waals surface area contributed by atoms with Crippen molar-refractivity contribution >= 4 is 5.97 Å². The first kappa shape index (κ1) is 10.0. The lowest BCUT2D eigenvalue weighted by Crippen LogP contribution is -1.91. The molecule has 0 bridgehead atoms. The molecule has 0 atom stereocenters. The van der Waals surface area contributed by atoms with Gasteiger partial charge in [-0.2, -0.15) is 5.26 Å². The number of aliphatic carboxylic acids is 1. The van der Waals surface area contributed by atoms with Crippen LogP contribution < -0.4 is 0 Å². The molecule has 4 heteroatoms. The maximum absolute atomic E-state index is 9.61. The highest BCUT2D eigenvalue weighted by Crippen LogP contribution is 1.82. The number of rotatable bonds is 2. The number of carbonyl (C=O) groups is 1. The Kier molecular flexibility index (Phi) is 7.41. The molecule has 0 amide bonds. The Balaban J connectivity index is 0. The van der Waals surface area contributed by atoms with Crippen molar-refractivity contribution in [1.29, 1.82) is 5.26 Å². The first-order valence-corrected chi connectivity index (χ1v) is 1.86. The van der Waals surface area contributed by atoms with Crippen LogP contribution in [0.2, 0.25) is 0 Å². The number of carboxylic acid groups (broad SMARTS) is 1. The Labute approximate surface area is 46.7 Å². The Morgan fingerprint density at radius 3 is 2.38 bits per heavy atom. The van der Waals surface area contributed by atoms with Crippen LogP contribution in [0.5, 0.6) is 0 Å². The average molecular weight is 117 g/mol. The number of nitrogens with zero attached hydrogens (tertiary/aromatic N) is 1. The lowest BCUT2D eigenvalue weighted by atomic mass is 10.3. The molecule has 0 aliphatic heterocycles. The summed E-state index contributed by atoms with van der Waals surface area (Å²) in [6.45, 7) is 0. The van der Waals surface area contributed by atoms with Crippen LogP contribution in [0.25, 0.3) is 0 Å². The van der Waals surface area contributed by atoms with Gasteiger partial charge in [0.05, 0.1) is 12.5 Å². The minimum absolute atomic E-state index is 0. The topological polar surface area (TPSA) is 92.6 Å². The molecular formula is C4H7NO3. The third-order valence-corrected chi connectivity index (χ3v) is 0.451. The summed E-state index contributed by atoms with van der Waals surface area (Å²) in [5.41, 5.74) is 0. The van der Waals surface area contributed by atoms with Crippen molar-refractivity contribution in [2.75, 3.05) is 0 Å². The van der Waals surface area contributed by atoms with Gasteiger partial charge >= 0.3 is 5.97 Å². The molecule has 0 aromatic rings. The normalized spacial score (nSPS) is 6.38. The molecule has 0 saturated heterocycles. The smallest absolute Gasteiger partial charge is 0.304 e. The van der Waals surface area contributed by atoms with Crippen LogP contribution >= 0.6 is 0 Å². The maximum Gasteiger partial charge on any atom is 0.304 e. The molecule has 0 spiro atoms. The van der Waals surface area contributed by atoms with E-state index in [2.05, 4.69) is 0 Å². The summed E-state index contributed by atoms with van der Waals surface area (Å²) < 4.78 is 0. The summed E-state index contributed by atoms with van der Waals surface area (Å²) >= 11 is 0. The quantitative estimate of drug-likeness (QED) is 0.530. The molecule has 0 saturated carbocycles. The van der Waals surface area contributed by atoms with Crippen molar-refractivity contribution < 1.29 is 15.4 Å². The van der Waals surface area contributed by atoms with E-state index in [4.69, 9.17) is 10.4 Å². The van der Waals surface area contributed by atoms with Crippen LogP contribution in [0, 0.1) is 11.3 Å². The molecule has 46 valence electrons. The molecule has 4 nitrogen and oxygen atoms in total. The van der Waals surface area contributed by atoms with Gasteiger partial charge in [0.15, 0.2) is 0 Å². The summed E-state index contributed by atoms with van der Waals surface area (Å²) in [4.78, 5) is 9.61. The third-order valence-electron chi connectivity index (χ3n) is 0.451. The van der Waals surface area contributed by atoms with Gasteiger partial charge in [0, 0.05) is 6.42 Å². The van der Waals surface area contributed by atoms with Gasteiger partial charge in [-0.15, -0.1) is 0 Å². The van der Waals surface area contributed by atoms with Crippen LogP contribution in [0.1, 0.15) is 12.8 Å². The van der Waals surface area contributed by atoms with Gasteiger partial charge in [-0.25, -0.2) is 0 Å². The molecule has 0 aliphatic carbocycles. The van der Waals surface area contributed by atoms with Gasteiger partial charge in [-0.1, -0.05) is 0 Å². The summed E-state index contributed by atoms with van der Waals surface area (Å²) in [5, 5.41) is 15.7. The van der Waals surface area contributed by atoms with Gasteiger partial charge in [0.2, 0.25) is 0 Å². The Hall–Kier alpha value is -1.08. The molecule has 0 aromatic heterocycles. The second kappa shape index (κ2) is 5.92. The van der Waals surface area contributed by atoms with E-state index in [9.17, 15) is 4.79 Å². The average Bonchev–Trinajstić information content (AvgIpc) is 1.61. The van der Waals surface area contributed by atoms with Crippen LogP contribution in [0.3, 0.4) is 0 Å². The van der Waals surface area contributed by atoms with Gasteiger partial charge in [-0.3, -0.25) is 4.79 Å². The standard InChI is InChI=1S/C4H5NO2.H2O/c5-3-1-2-4(6)7;/h1-2H2,(H,6,7);1H2. The summed E-state index contributed by atoms with van der Waals surface area (Å²) in [6.07, 6.45) is 0.0613. The van der Waals surface area contributed by atoms with Crippen molar-refractivity contribution in [3.05, 3.63) is 0 Å². The van der Waals surface area contributed by atoms with E-state index in [1.54, 1.807) is 6.07 Å². The predicted octanol–water partition coefficient (Wildman–Crippen LogP) is -0.450. The number of hydrogen-bond donors (Lipinski definition) is 1. The van der Waals surface area contributed by atoms with Gasteiger partial charge in [-0.05, 0) is 0 Å². The minimum atomic E-state index is -0.915. The predicted molar refractivity (Wildman–Crippen MR) is 26.1 cm³/mol. The number of carboxylic acids is 1. The first-order chi connectivity index (χ1) is 3.27. The number of hydrogen-bond acceptors (Lipinski definition) is 2. The zero-order chi connectivity index (χ0) is 5.70. The molecule has 0 heterocycles. The highest BCUT2D eigenvalue weighted by Gasteiger charge is 1.91. The first-order valence-electron chi connectivity index (χ1n) is 1.86. The molecular weight excluding hydrogens is 110 g/mol. The van der Waals surface area contributed by atoms with Crippen LogP contribution in [0.4, 0.5) is 0 Å². The highest BCUT2D eigenvalue weighted by molar-refractivity contribution is 5.66. The van der Waals surface area contributed by atoms with E-state index < -0.39 is 5.97 Å². The maximum atomic E-state index is 9.61. The Morgan fingerprint density at radius 1 is 1.75 bits per heavy atom. The van der Waals surface area contributed by atoms with E-state index >= 15 is 0 Å². The summed E-state index contributed by atoms with van der Waals surface area (Å²) in [7, 11) is 0. The zero-order valence-corrected chi connectivity index (χ0v) is 4.22. The molecule has 8 heavy (non-hydrogen) atoms. The van der Waals surface area contributed by atoms with Crippen molar-refractivity contribution in [2.45, 2.75) is 12.8 Å². The fourth-order valence-corrected chi connectivity index (χ4v) is 0.163. The van der Waals surface area contributed by atoms with Crippen LogP contribution in [-0.4, -0.2) is 16.6 Å². The minimum Gasteiger partial charge on any atom is -0.481 e. The highest BCUT2D eigenvalue weighted by atomic mass is 16.4. The van der Waals surface area contributed by atoms with Crippen LogP contribution in [-0.2, 0) is 4.79 Å². The van der Waals surface area contributed by atoms with E-state index in [1.165, 1.54) is 0 Å². The lowest BCUT2D eigenvalue weighted by Gasteiger charge is -1.78. The SMILES string of the molecule is N#CCCC(=O)O.O. The molecule has 0 aromatic carbocycles. The Morgan fingerprint density at radius 2 is 2.25 bits per heavy atom. The summed E-state index contributed by atoms with van der Waals surface area (Å²) in [5.74, 6) is -0.915. The van der Waals surface area contributed by atoms with E-state index in [-0.39, 0.29) is 18.3 Å². The van der Waals surface area contributed by atoms with Crippen molar-refractivity contribution in [3.63, 3.8) is 0 Å². The monoisotopic (exact) mass is 117 g/mol. The molecule has 0 aliphatic rings. The van der Waals surface area contributed by atoms with Gasteiger partial charge in [0.1, 0.15) is 0 Å². The molecule has 3 N–H and O–H groups in total. The van der Waals surface area contributed by atoms with Crippen molar-refractivity contribution in [1.82, 2.24) is 0 Å².